The average molecular weight is 194 g/mol. The van der Waals surface area contributed by atoms with Gasteiger partial charge in [0, 0.05) is 0 Å². The van der Waals surface area contributed by atoms with Crippen LogP contribution in [0.2, 0.25) is 0 Å². The van der Waals surface area contributed by atoms with Crippen molar-refractivity contribution in [3.8, 4) is 0 Å². The number of carbonyl (C=O) groups excluding carboxylic acids is 1. The third-order valence-corrected chi connectivity index (χ3v) is 1.99. The predicted octanol–water partition coefficient (Wildman–Crippen LogP) is 0.668. The fraction of sp³-hybridized carbons (Fsp3) is 0.111. The van der Waals surface area contributed by atoms with Gasteiger partial charge in [-0.15, -0.1) is 0 Å². The van der Waals surface area contributed by atoms with Crippen molar-refractivity contribution in [3.63, 3.8) is 0 Å². The van der Waals surface area contributed by atoms with Crippen molar-refractivity contribution < 1.29 is 9.18 Å². The lowest BCUT2D eigenvalue weighted by molar-refractivity contribution is -0.108. The van der Waals surface area contributed by atoms with Crippen LogP contribution in [-0.2, 0) is 11.3 Å². The van der Waals surface area contributed by atoms with Crippen molar-refractivity contribution in [1.82, 2.24) is 9.55 Å². The highest BCUT2D eigenvalue weighted by Crippen LogP contribution is 2.11. The van der Waals surface area contributed by atoms with Crippen LogP contribution < -0.4 is 5.69 Å². The molecule has 0 amide bonds. The molecular weight excluding hydrogens is 187 g/mol. The van der Waals surface area contributed by atoms with Crippen LogP contribution in [0.4, 0.5) is 4.39 Å². The van der Waals surface area contributed by atoms with Crippen molar-refractivity contribution >= 4 is 17.3 Å². The van der Waals surface area contributed by atoms with Crippen molar-refractivity contribution in [3.05, 3.63) is 34.5 Å². The zero-order valence-electron chi connectivity index (χ0n) is 7.16. The molecule has 0 radical (unpaired) electrons. The number of aldehydes is 1. The number of rotatable bonds is 2. The third kappa shape index (κ3) is 1.22. The smallest absolute Gasteiger partial charge is 0.306 e. The molecule has 2 aromatic rings. The van der Waals surface area contributed by atoms with Gasteiger partial charge < -0.3 is 9.78 Å². The molecule has 0 saturated heterocycles. The Labute approximate surface area is 78.0 Å². The molecule has 0 aliphatic rings. The van der Waals surface area contributed by atoms with E-state index in [1.807, 2.05) is 0 Å². The molecule has 2 rings (SSSR count). The molecule has 0 bridgehead atoms. The average Bonchev–Trinajstić information content (AvgIpc) is 2.45. The monoisotopic (exact) mass is 194 g/mol. The van der Waals surface area contributed by atoms with E-state index in [1.165, 1.54) is 22.8 Å². The predicted molar refractivity (Wildman–Crippen MR) is 48.6 cm³/mol. The van der Waals surface area contributed by atoms with Crippen molar-refractivity contribution in [2.24, 2.45) is 0 Å². The van der Waals surface area contributed by atoms with Gasteiger partial charge in [0.05, 0.1) is 17.6 Å². The molecule has 1 N–H and O–H groups in total. The first-order valence-corrected chi connectivity index (χ1v) is 4.04. The van der Waals surface area contributed by atoms with Crippen molar-refractivity contribution in [2.45, 2.75) is 6.54 Å². The molecule has 0 atom stereocenters. The number of nitrogens with zero attached hydrogens (tertiary/aromatic N) is 1. The number of aromatic nitrogens is 2. The summed E-state index contributed by atoms with van der Waals surface area (Å²) in [5, 5.41) is 0. The molecule has 0 aliphatic heterocycles. The lowest BCUT2D eigenvalue weighted by Crippen LogP contribution is -2.17. The van der Waals surface area contributed by atoms with E-state index >= 15 is 0 Å². The van der Waals surface area contributed by atoms with E-state index in [0.717, 1.165) is 0 Å². The standard InChI is InChI=1S/C9H7FN2O2/c10-6-1-2-7-8(5-6)12(3-4-13)9(14)11-7/h1-2,4-5H,3H2,(H,11,14). The number of carbonyl (C=O) groups is 1. The Morgan fingerprint density at radius 1 is 1.50 bits per heavy atom. The molecule has 0 aliphatic carbocycles. The van der Waals surface area contributed by atoms with Gasteiger partial charge in [-0.05, 0) is 18.2 Å². The summed E-state index contributed by atoms with van der Waals surface area (Å²) >= 11 is 0. The SMILES string of the molecule is O=CCn1c(=O)[nH]c2ccc(F)cc21. The summed E-state index contributed by atoms with van der Waals surface area (Å²) < 4.78 is 14.0. The Morgan fingerprint density at radius 2 is 2.29 bits per heavy atom. The second kappa shape index (κ2) is 3.10. The molecular formula is C9H7FN2O2. The Bertz CT molecular complexity index is 541. The third-order valence-electron chi connectivity index (χ3n) is 1.99. The fourth-order valence-electron chi connectivity index (χ4n) is 1.38. The molecule has 0 fully saturated rings. The molecule has 4 nitrogen and oxygen atoms in total. The van der Waals surface area contributed by atoms with Crippen LogP contribution in [0.25, 0.3) is 11.0 Å². The largest absolute Gasteiger partial charge is 0.326 e. The van der Waals surface area contributed by atoms with Gasteiger partial charge in [0.15, 0.2) is 0 Å². The van der Waals surface area contributed by atoms with E-state index < -0.39 is 11.5 Å². The van der Waals surface area contributed by atoms with E-state index in [0.29, 0.717) is 17.3 Å². The second-order valence-corrected chi connectivity index (χ2v) is 2.87. The normalized spacial score (nSPS) is 10.6. The van der Waals surface area contributed by atoms with Gasteiger partial charge in [-0.1, -0.05) is 0 Å². The highest BCUT2D eigenvalue weighted by Gasteiger charge is 2.06. The first-order valence-electron chi connectivity index (χ1n) is 4.04. The van der Waals surface area contributed by atoms with Crippen LogP contribution in [0.5, 0.6) is 0 Å². The van der Waals surface area contributed by atoms with Gasteiger partial charge in [0.25, 0.3) is 0 Å². The van der Waals surface area contributed by atoms with Crippen LogP contribution in [0.15, 0.2) is 23.0 Å². The first kappa shape index (κ1) is 8.68. The van der Waals surface area contributed by atoms with Gasteiger partial charge in [-0.25, -0.2) is 9.18 Å². The van der Waals surface area contributed by atoms with Crippen LogP contribution in [-0.4, -0.2) is 15.8 Å². The highest BCUT2D eigenvalue weighted by atomic mass is 19.1. The lowest BCUT2D eigenvalue weighted by atomic mass is 10.3. The van der Waals surface area contributed by atoms with Gasteiger partial charge in [0.2, 0.25) is 0 Å². The Kier molecular flexibility index (Phi) is 1.92. The van der Waals surface area contributed by atoms with E-state index in [1.54, 1.807) is 0 Å². The van der Waals surface area contributed by atoms with E-state index in [2.05, 4.69) is 4.98 Å². The van der Waals surface area contributed by atoms with Crippen LogP contribution >= 0.6 is 0 Å². The Morgan fingerprint density at radius 3 is 3.00 bits per heavy atom. The van der Waals surface area contributed by atoms with Crippen LogP contribution in [0.3, 0.4) is 0 Å². The minimum atomic E-state index is -0.434. The maximum absolute atomic E-state index is 12.8. The summed E-state index contributed by atoms with van der Waals surface area (Å²) in [5.74, 6) is -0.434. The summed E-state index contributed by atoms with van der Waals surface area (Å²) in [7, 11) is 0. The molecule has 0 saturated carbocycles. The summed E-state index contributed by atoms with van der Waals surface area (Å²) in [6, 6.07) is 3.94. The quantitative estimate of drug-likeness (QED) is 0.714. The topological polar surface area (TPSA) is 54.9 Å². The summed E-state index contributed by atoms with van der Waals surface area (Å²) in [6.07, 6.45) is 0.597. The molecule has 1 aromatic carbocycles. The fourth-order valence-corrected chi connectivity index (χ4v) is 1.38. The Balaban J connectivity index is 2.79. The van der Waals surface area contributed by atoms with Gasteiger partial charge >= 0.3 is 5.69 Å². The van der Waals surface area contributed by atoms with Gasteiger partial charge in [-0.3, -0.25) is 4.57 Å². The summed E-state index contributed by atoms with van der Waals surface area (Å²) in [6.45, 7) is -0.0672. The number of hydrogen-bond acceptors (Lipinski definition) is 2. The number of imidazole rings is 1. The van der Waals surface area contributed by atoms with Crippen molar-refractivity contribution in [2.75, 3.05) is 0 Å². The second-order valence-electron chi connectivity index (χ2n) is 2.87. The maximum Gasteiger partial charge on any atom is 0.326 e. The molecule has 0 spiro atoms. The lowest BCUT2D eigenvalue weighted by Gasteiger charge is -1.95. The number of halogens is 1. The summed E-state index contributed by atoms with van der Waals surface area (Å²) in [5.41, 5.74) is 0.526. The molecule has 72 valence electrons. The molecule has 5 heteroatoms. The van der Waals surface area contributed by atoms with Crippen LogP contribution in [0, 0.1) is 5.82 Å². The number of hydrogen-bond donors (Lipinski definition) is 1. The number of nitrogens with one attached hydrogen (secondary N) is 1. The van der Waals surface area contributed by atoms with E-state index in [-0.39, 0.29) is 6.54 Å². The van der Waals surface area contributed by atoms with E-state index in [4.69, 9.17) is 0 Å². The van der Waals surface area contributed by atoms with Gasteiger partial charge in [-0.2, -0.15) is 0 Å². The number of benzene rings is 1. The number of H-pyrrole nitrogens is 1. The number of fused-ring (bicyclic) bond motifs is 1. The van der Waals surface area contributed by atoms with Gasteiger partial charge in [0.1, 0.15) is 12.1 Å². The zero-order chi connectivity index (χ0) is 10.1. The zero-order valence-corrected chi connectivity index (χ0v) is 7.16. The Hall–Kier alpha value is -1.91. The first-order chi connectivity index (χ1) is 6.72. The number of aromatic amines is 1. The van der Waals surface area contributed by atoms with Crippen molar-refractivity contribution in [1.29, 1.82) is 0 Å². The molecule has 14 heavy (non-hydrogen) atoms. The summed E-state index contributed by atoms with van der Waals surface area (Å²) in [4.78, 5) is 24.1. The minimum absolute atomic E-state index is 0.0672. The molecule has 1 aromatic heterocycles. The van der Waals surface area contributed by atoms with Crippen LogP contribution in [0.1, 0.15) is 0 Å². The molecule has 1 heterocycles. The highest BCUT2D eigenvalue weighted by molar-refractivity contribution is 5.76. The van der Waals surface area contributed by atoms with E-state index in [9.17, 15) is 14.0 Å². The molecule has 0 unspecified atom stereocenters. The maximum atomic E-state index is 12.8. The minimum Gasteiger partial charge on any atom is -0.306 e.